The lowest BCUT2D eigenvalue weighted by molar-refractivity contribution is -0.121. The quantitative estimate of drug-likeness (QED) is 0.530. The highest BCUT2D eigenvalue weighted by Gasteiger charge is 2.34. The van der Waals surface area contributed by atoms with E-state index in [0.29, 0.717) is 6.42 Å². The van der Waals surface area contributed by atoms with Crippen molar-refractivity contribution < 1.29 is 4.79 Å². The lowest BCUT2D eigenvalue weighted by Crippen LogP contribution is -2.53. The number of hydrogen-bond acceptors (Lipinski definition) is 5. The van der Waals surface area contributed by atoms with Crippen LogP contribution in [0.15, 0.2) is 28.6 Å². The molecule has 0 bridgehead atoms. The number of nitrogens with one attached hydrogen (secondary N) is 1. The van der Waals surface area contributed by atoms with Gasteiger partial charge in [0, 0.05) is 24.3 Å². The molecular weight excluding hydrogens is 362 g/mol. The smallest absolute Gasteiger partial charge is 0.220 e. The third-order valence-corrected chi connectivity index (χ3v) is 7.66. The molecule has 1 aromatic heterocycles. The second kappa shape index (κ2) is 9.20. The van der Waals surface area contributed by atoms with Gasteiger partial charge in [0.2, 0.25) is 5.91 Å². The predicted molar refractivity (Wildman–Crippen MR) is 112 cm³/mol. The van der Waals surface area contributed by atoms with E-state index in [4.69, 9.17) is 0 Å². The number of nitrogens with zero attached hydrogens (tertiary/aromatic N) is 2. The maximum Gasteiger partial charge on any atom is 0.220 e. The molecule has 1 aliphatic carbocycles. The van der Waals surface area contributed by atoms with Crippen LogP contribution in [-0.2, 0) is 4.79 Å². The first kappa shape index (κ1) is 19.6. The van der Waals surface area contributed by atoms with E-state index in [1.165, 1.54) is 36.8 Å². The highest BCUT2D eigenvalue weighted by molar-refractivity contribution is 8.01. The molecule has 1 N–H and O–H groups in total. The van der Waals surface area contributed by atoms with Crippen molar-refractivity contribution in [3.05, 3.63) is 24.3 Å². The van der Waals surface area contributed by atoms with Gasteiger partial charge in [-0.15, -0.1) is 11.3 Å². The highest BCUT2D eigenvalue weighted by atomic mass is 32.2. The van der Waals surface area contributed by atoms with E-state index in [-0.39, 0.29) is 11.4 Å². The number of likely N-dealkylation sites (N-methyl/N-ethyl adjacent to an activating group) is 1. The van der Waals surface area contributed by atoms with Gasteiger partial charge in [-0.2, -0.15) is 0 Å². The Kier molecular flexibility index (Phi) is 6.95. The fourth-order valence-electron chi connectivity index (χ4n) is 3.65. The number of rotatable bonds is 8. The Hall–Kier alpha value is -1.11. The molecule has 0 saturated heterocycles. The van der Waals surface area contributed by atoms with Crippen molar-refractivity contribution in [3.8, 4) is 0 Å². The molecule has 2 aromatic rings. The van der Waals surface area contributed by atoms with Crippen molar-refractivity contribution >= 4 is 39.2 Å². The maximum atomic E-state index is 12.3. The maximum absolute atomic E-state index is 12.3. The molecule has 0 radical (unpaired) electrons. The molecule has 1 aliphatic rings. The largest absolute Gasteiger partial charge is 0.354 e. The second-order valence-corrected chi connectivity index (χ2v) is 9.73. The van der Waals surface area contributed by atoms with Crippen molar-refractivity contribution in [3.63, 3.8) is 0 Å². The molecule has 0 aliphatic heterocycles. The van der Waals surface area contributed by atoms with Crippen LogP contribution in [-0.4, -0.2) is 47.7 Å². The van der Waals surface area contributed by atoms with Crippen LogP contribution in [0.25, 0.3) is 10.2 Å². The van der Waals surface area contributed by atoms with Crippen LogP contribution in [0.5, 0.6) is 0 Å². The number of fused-ring (bicyclic) bond motifs is 1. The SMILES string of the molecule is CN(C)C1(CNC(=O)CCCSc2nc3ccccc3s2)CCCCC1. The van der Waals surface area contributed by atoms with Gasteiger partial charge < -0.3 is 10.2 Å². The summed E-state index contributed by atoms with van der Waals surface area (Å²) in [7, 11) is 4.29. The number of thioether (sulfide) groups is 1. The zero-order valence-corrected chi connectivity index (χ0v) is 17.4. The van der Waals surface area contributed by atoms with E-state index >= 15 is 0 Å². The number of carbonyl (C=O) groups is 1. The van der Waals surface area contributed by atoms with Crippen LogP contribution in [0.1, 0.15) is 44.9 Å². The Labute approximate surface area is 164 Å². The molecule has 1 amide bonds. The minimum Gasteiger partial charge on any atom is -0.354 e. The van der Waals surface area contributed by atoms with E-state index in [2.05, 4.69) is 41.4 Å². The number of carbonyl (C=O) groups excluding carboxylic acids is 1. The minimum atomic E-state index is 0.156. The monoisotopic (exact) mass is 391 g/mol. The number of benzene rings is 1. The van der Waals surface area contributed by atoms with Crippen molar-refractivity contribution in [1.82, 2.24) is 15.2 Å². The Bertz CT molecular complexity index is 690. The zero-order valence-electron chi connectivity index (χ0n) is 15.8. The number of amides is 1. The van der Waals surface area contributed by atoms with E-state index in [0.717, 1.165) is 28.6 Å². The van der Waals surface area contributed by atoms with Gasteiger partial charge in [0.15, 0.2) is 4.34 Å². The first-order chi connectivity index (χ1) is 12.6. The van der Waals surface area contributed by atoms with Gasteiger partial charge in [-0.3, -0.25) is 4.79 Å². The van der Waals surface area contributed by atoms with Gasteiger partial charge in [-0.05, 0) is 45.5 Å². The van der Waals surface area contributed by atoms with Crippen LogP contribution in [0.4, 0.5) is 0 Å². The summed E-state index contributed by atoms with van der Waals surface area (Å²) in [5.74, 6) is 1.12. The summed E-state index contributed by atoms with van der Waals surface area (Å²) >= 11 is 3.49. The summed E-state index contributed by atoms with van der Waals surface area (Å²) in [4.78, 5) is 19.2. The summed E-state index contributed by atoms with van der Waals surface area (Å²) in [6.07, 6.45) is 7.73. The summed E-state index contributed by atoms with van der Waals surface area (Å²) < 4.78 is 2.33. The Morgan fingerprint density at radius 3 is 2.77 bits per heavy atom. The van der Waals surface area contributed by atoms with Gasteiger partial charge >= 0.3 is 0 Å². The standard InChI is InChI=1S/C20H29N3OS2/c1-23(2)20(12-6-3-7-13-20)15-21-18(24)11-8-14-25-19-22-16-9-4-5-10-17(16)26-19/h4-5,9-10H,3,6-8,11-15H2,1-2H3,(H,21,24). The molecular formula is C20H29N3OS2. The van der Waals surface area contributed by atoms with Gasteiger partial charge in [-0.25, -0.2) is 4.98 Å². The fourth-order valence-corrected chi connectivity index (χ4v) is 5.73. The lowest BCUT2D eigenvalue weighted by atomic mass is 9.80. The van der Waals surface area contributed by atoms with Gasteiger partial charge in [-0.1, -0.05) is 43.2 Å². The zero-order chi connectivity index (χ0) is 18.4. The Morgan fingerprint density at radius 2 is 2.04 bits per heavy atom. The molecule has 1 aromatic carbocycles. The normalized spacial score (nSPS) is 16.9. The molecule has 26 heavy (non-hydrogen) atoms. The van der Waals surface area contributed by atoms with Gasteiger partial charge in [0.1, 0.15) is 0 Å². The molecule has 6 heteroatoms. The van der Waals surface area contributed by atoms with Gasteiger partial charge in [0.05, 0.1) is 10.2 Å². The first-order valence-corrected chi connectivity index (χ1v) is 11.3. The molecule has 1 heterocycles. The average molecular weight is 392 g/mol. The van der Waals surface area contributed by atoms with Gasteiger partial charge in [0.25, 0.3) is 0 Å². The van der Waals surface area contributed by atoms with Crippen molar-refractivity contribution in [2.75, 3.05) is 26.4 Å². The summed E-state index contributed by atoms with van der Waals surface area (Å²) in [5.41, 5.74) is 1.23. The second-order valence-electron chi connectivity index (χ2n) is 7.36. The molecule has 0 unspecified atom stereocenters. The molecule has 4 nitrogen and oxygen atoms in total. The topological polar surface area (TPSA) is 45.2 Å². The van der Waals surface area contributed by atoms with E-state index in [1.807, 2.05) is 12.1 Å². The van der Waals surface area contributed by atoms with Crippen molar-refractivity contribution in [2.45, 2.75) is 54.8 Å². The number of aromatic nitrogens is 1. The number of para-hydroxylation sites is 1. The third-order valence-electron chi connectivity index (χ3n) is 5.40. The van der Waals surface area contributed by atoms with Crippen LogP contribution < -0.4 is 5.32 Å². The van der Waals surface area contributed by atoms with Crippen LogP contribution in [0.3, 0.4) is 0 Å². The molecule has 1 saturated carbocycles. The van der Waals surface area contributed by atoms with Crippen molar-refractivity contribution in [1.29, 1.82) is 0 Å². The summed E-state index contributed by atoms with van der Waals surface area (Å²) in [5, 5.41) is 3.19. The molecule has 1 fully saturated rings. The summed E-state index contributed by atoms with van der Waals surface area (Å²) in [6, 6.07) is 8.23. The van der Waals surface area contributed by atoms with Crippen LogP contribution in [0, 0.1) is 0 Å². The highest BCUT2D eigenvalue weighted by Crippen LogP contribution is 2.32. The third kappa shape index (κ3) is 4.99. The van der Waals surface area contributed by atoms with Crippen LogP contribution in [0.2, 0.25) is 0 Å². The minimum absolute atomic E-state index is 0.156. The molecule has 3 rings (SSSR count). The number of thiazole rings is 1. The Balaban J connectivity index is 1.38. The predicted octanol–water partition coefficient (Wildman–Crippen LogP) is 4.55. The molecule has 142 valence electrons. The molecule has 0 spiro atoms. The Morgan fingerprint density at radius 1 is 1.27 bits per heavy atom. The van der Waals surface area contributed by atoms with Crippen LogP contribution >= 0.6 is 23.1 Å². The van der Waals surface area contributed by atoms with E-state index < -0.39 is 0 Å². The first-order valence-electron chi connectivity index (χ1n) is 9.52. The molecule has 0 atom stereocenters. The van der Waals surface area contributed by atoms with E-state index in [1.54, 1.807) is 23.1 Å². The van der Waals surface area contributed by atoms with E-state index in [9.17, 15) is 4.79 Å². The number of hydrogen-bond donors (Lipinski definition) is 1. The average Bonchev–Trinajstić information content (AvgIpc) is 3.07. The fraction of sp³-hybridized carbons (Fsp3) is 0.600. The lowest BCUT2D eigenvalue weighted by Gasteiger charge is -2.43. The van der Waals surface area contributed by atoms with Crippen molar-refractivity contribution in [2.24, 2.45) is 0 Å². The summed E-state index contributed by atoms with van der Waals surface area (Å²) in [6.45, 7) is 0.782.